The van der Waals surface area contributed by atoms with Crippen LogP contribution in [0, 0.1) is 0 Å². The van der Waals surface area contributed by atoms with Crippen LogP contribution in [-0.4, -0.2) is 124 Å². The van der Waals surface area contributed by atoms with Crippen molar-refractivity contribution in [1.29, 1.82) is 0 Å². The maximum atomic E-state index is 11.0. The van der Waals surface area contributed by atoms with Crippen molar-refractivity contribution in [3.63, 3.8) is 0 Å². The van der Waals surface area contributed by atoms with Gasteiger partial charge in [0.1, 0.15) is 36.6 Å². The van der Waals surface area contributed by atoms with Gasteiger partial charge in [-0.25, -0.2) is 0 Å². The zero-order chi connectivity index (χ0) is 23.7. The van der Waals surface area contributed by atoms with E-state index in [1.807, 2.05) is 0 Å². The second-order valence-electron chi connectivity index (χ2n) is 8.72. The summed E-state index contributed by atoms with van der Waals surface area (Å²) < 4.78 is 22.7. The lowest BCUT2D eigenvalue weighted by Gasteiger charge is -2.49. The highest BCUT2D eigenvalue weighted by Crippen LogP contribution is 2.30. The summed E-state index contributed by atoms with van der Waals surface area (Å²) in [6.07, 6.45) is -10.7. The van der Waals surface area contributed by atoms with E-state index in [4.69, 9.17) is 47.6 Å². The van der Waals surface area contributed by atoms with Gasteiger partial charge in [0.05, 0.1) is 43.0 Å². The fraction of sp³-hybridized carbons (Fsp3) is 1.00. The molecule has 0 amide bonds. The lowest BCUT2D eigenvalue weighted by atomic mass is 9.82. The molecule has 3 fully saturated rings. The Morgan fingerprint density at radius 1 is 0.719 bits per heavy atom. The van der Waals surface area contributed by atoms with Gasteiger partial charge in [-0.2, -0.15) is 0 Å². The van der Waals surface area contributed by atoms with Gasteiger partial charge in [0.15, 0.2) is 12.6 Å². The van der Waals surface area contributed by atoms with Crippen molar-refractivity contribution < 1.29 is 44.5 Å². The summed E-state index contributed by atoms with van der Waals surface area (Å²) in [7, 11) is 0. The minimum atomic E-state index is -1.50. The van der Waals surface area contributed by atoms with Gasteiger partial charge in [-0.1, -0.05) is 0 Å². The highest BCUT2D eigenvalue weighted by atomic mass is 16.7. The molecule has 0 bridgehead atoms. The van der Waals surface area contributed by atoms with Crippen LogP contribution in [0.1, 0.15) is 12.8 Å². The molecule has 2 heterocycles. The Morgan fingerprint density at radius 2 is 1.31 bits per heavy atom. The van der Waals surface area contributed by atoms with Crippen LogP contribution in [-0.2, 0) is 18.9 Å². The molecule has 0 aromatic rings. The van der Waals surface area contributed by atoms with E-state index in [9.17, 15) is 25.5 Å². The molecular weight excluding hydrogens is 430 g/mol. The number of aliphatic hydroxyl groups is 5. The van der Waals surface area contributed by atoms with Crippen molar-refractivity contribution in [2.75, 3.05) is 13.2 Å². The first-order valence-electron chi connectivity index (χ1n) is 10.8. The van der Waals surface area contributed by atoms with Crippen LogP contribution in [0.2, 0.25) is 0 Å². The molecular formula is C18H37N5O9. The smallest absolute Gasteiger partial charge is 0.186 e. The summed E-state index contributed by atoms with van der Waals surface area (Å²) in [6, 6.07) is -3.97. The second kappa shape index (κ2) is 10.8. The molecule has 0 aromatic carbocycles. The third-order valence-electron chi connectivity index (χ3n) is 6.50. The lowest BCUT2D eigenvalue weighted by Crippen LogP contribution is -2.72. The number of rotatable bonds is 6. The van der Waals surface area contributed by atoms with Crippen molar-refractivity contribution in [3.8, 4) is 0 Å². The summed E-state index contributed by atoms with van der Waals surface area (Å²) in [5.41, 5.74) is 29.7. The number of nitrogens with two attached hydrogens (primary N) is 5. The highest BCUT2D eigenvalue weighted by molar-refractivity contribution is 5.05. The highest BCUT2D eigenvalue weighted by Gasteiger charge is 2.53. The molecule has 2 aliphatic heterocycles. The van der Waals surface area contributed by atoms with Crippen LogP contribution in [0.5, 0.6) is 0 Å². The molecule has 3 aliphatic rings. The molecule has 14 heteroatoms. The van der Waals surface area contributed by atoms with E-state index in [2.05, 4.69) is 0 Å². The van der Waals surface area contributed by atoms with Crippen LogP contribution in [0.15, 0.2) is 0 Å². The molecule has 14 nitrogen and oxygen atoms in total. The number of hydrogen-bond donors (Lipinski definition) is 10. The zero-order valence-corrected chi connectivity index (χ0v) is 17.7. The molecule has 3 rings (SSSR count). The molecule has 2 saturated heterocycles. The van der Waals surface area contributed by atoms with Gasteiger partial charge < -0.3 is 73.1 Å². The molecule has 0 spiro atoms. The summed E-state index contributed by atoms with van der Waals surface area (Å²) in [6.45, 7) is -0.320. The average molecular weight is 468 g/mol. The average Bonchev–Trinajstić information content (AvgIpc) is 2.79. The minimum absolute atomic E-state index is 0.264. The summed E-state index contributed by atoms with van der Waals surface area (Å²) in [5, 5.41) is 51.3. The van der Waals surface area contributed by atoms with Crippen molar-refractivity contribution in [2.24, 2.45) is 28.7 Å². The van der Waals surface area contributed by atoms with E-state index in [1.165, 1.54) is 0 Å². The standard InChI is InChI=1S/C18H37N5O9/c19-3-5-1-2-6(20)17(29-5)31-15-9(22)12(26)10(23)16(14(15)28)32-18-13(27)8(21)11(25)7(4-24)30-18/h5-18,24-28H,1-4,19-23H2/t5?,6?,7?,8?,9-,10?,11-,12?,13?,14?,15?,16-,17+,18+/m0/s1. The number of aliphatic hydroxyl groups excluding tert-OH is 5. The maximum absolute atomic E-state index is 11.0. The largest absolute Gasteiger partial charge is 0.394 e. The SMILES string of the molecule is NCC1CCC(N)[C@@H](OC2C(O)[C@@H](O[C@H]3OC(CO)[C@H](O)C(N)C3O)C(N)C(O)[C@@H]2N)O1. The normalized spacial score (nSPS) is 52.7. The van der Waals surface area contributed by atoms with E-state index in [0.717, 1.165) is 0 Å². The van der Waals surface area contributed by atoms with E-state index >= 15 is 0 Å². The van der Waals surface area contributed by atoms with Gasteiger partial charge in [0, 0.05) is 6.54 Å². The fourth-order valence-corrected chi connectivity index (χ4v) is 4.35. The van der Waals surface area contributed by atoms with Crippen LogP contribution < -0.4 is 28.7 Å². The molecule has 9 unspecified atom stereocenters. The van der Waals surface area contributed by atoms with E-state index in [1.54, 1.807) is 0 Å². The third kappa shape index (κ3) is 5.08. The van der Waals surface area contributed by atoms with Gasteiger partial charge in [0.2, 0.25) is 0 Å². The summed E-state index contributed by atoms with van der Waals surface area (Å²) >= 11 is 0. The van der Waals surface area contributed by atoms with Crippen molar-refractivity contribution >= 4 is 0 Å². The topological polar surface area (TPSA) is 268 Å². The van der Waals surface area contributed by atoms with Gasteiger partial charge in [-0.15, -0.1) is 0 Å². The Kier molecular flexibility index (Phi) is 8.79. The third-order valence-corrected chi connectivity index (χ3v) is 6.50. The predicted molar refractivity (Wildman–Crippen MR) is 108 cm³/mol. The molecule has 32 heavy (non-hydrogen) atoms. The quantitative estimate of drug-likeness (QED) is 0.174. The van der Waals surface area contributed by atoms with Gasteiger partial charge in [-0.3, -0.25) is 0 Å². The number of ether oxygens (including phenoxy) is 4. The lowest BCUT2D eigenvalue weighted by molar-refractivity contribution is -0.318. The van der Waals surface area contributed by atoms with Crippen LogP contribution in [0.25, 0.3) is 0 Å². The Labute approximate surface area is 185 Å². The van der Waals surface area contributed by atoms with Crippen molar-refractivity contribution in [1.82, 2.24) is 0 Å². The summed E-state index contributed by atoms with van der Waals surface area (Å²) in [5.74, 6) is 0. The van der Waals surface area contributed by atoms with Gasteiger partial charge >= 0.3 is 0 Å². The maximum Gasteiger partial charge on any atom is 0.186 e. The van der Waals surface area contributed by atoms with Crippen LogP contribution in [0.3, 0.4) is 0 Å². The first kappa shape index (κ1) is 26.1. The van der Waals surface area contributed by atoms with Crippen molar-refractivity contribution in [3.05, 3.63) is 0 Å². The van der Waals surface area contributed by atoms with Crippen LogP contribution in [0.4, 0.5) is 0 Å². The molecule has 14 atom stereocenters. The van der Waals surface area contributed by atoms with E-state index < -0.39 is 86.1 Å². The van der Waals surface area contributed by atoms with E-state index in [0.29, 0.717) is 12.8 Å². The van der Waals surface area contributed by atoms with Crippen molar-refractivity contribution in [2.45, 2.75) is 98.4 Å². The Morgan fingerprint density at radius 3 is 1.88 bits per heavy atom. The molecule has 0 aromatic heterocycles. The first-order valence-corrected chi connectivity index (χ1v) is 10.8. The minimum Gasteiger partial charge on any atom is -0.394 e. The summed E-state index contributed by atoms with van der Waals surface area (Å²) in [4.78, 5) is 0. The molecule has 188 valence electrons. The monoisotopic (exact) mass is 467 g/mol. The zero-order valence-electron chi connectivity index (χ0n) is 17.7. The van der Waals surface area contributed by atoms with Gasteiger partial charge in [-0.05, 0) is 12.8 Å². The van der Waals surface area contributed by atoms with Crippen LogP contribution >= 0.6 is 0 Å². The predicted octanol–water partition coefficient (Wildman–Crippen LogP) is -6.30. The second-order valence-corrected chi connectivity index (χ2v) is 8.72. The Hall–Kier alpha value is -0.560. The number of hydrogen-bond acceptors (Lipinski definition) is 14. The molecule has 0 radical (unpaired) electrons. The fourth-order valence-electron chi connectivity index (χ4n) is 4.35. The Bertz CT molecular complexity index is 607. The molecule has 1 saturated carbocycles. The molecule has 1 aliphatic carbocycles. The van der Waals surface area contributed by atoms with E-state index in [-0.39, 0.29) is 12.6 Å². The van der Waals surface area contributed by atoms with Gasteiger partial charge in [0.25, 0.3) is 0 Å². The first-order chi connectivity index (χ1) is 15.1. The Balaban J connectivity index is 1.74. The molecule has 15 N–H and O–H groups in total.